The van der Waals surface area contributed by atoms with Crippen LogP contribution >= 0.6 is 11.6 Å². The predicted molar refractivity (Wildman–Crippen MR) is 93.4 cm³/mol. The number of alkyl halides is 3. The number of benzene rings is 2. The van der Waals surface area contributed by atoms with Crippen LogP contribution in [0.3, 0.4) is 0 Å². The van der Waals surface area contributed by atoms with Gasteiger partial charge in [0.05, 0.1) is 27.5 Å². The molecule has 1 aromatic heterocycles. The first kappa shape index (κ1) is 21.1. The van der Waals surface area contributed by atoms with Crippen LogP contribution < -0.4 is 4.72 Å². The Labute approximate surface area is 165 Å². The van der Waals surface area contributed by atoms with E-state index in [2.05, 4.69) is 4.98 Å². The Morgan fingerprint density at radius 3 is 2.28 bits per heavy atom. The molecule has 0 atom stereocenters. The molecule has 4 nitrogen and oxygen atoms in total. The summed E-state index contributed by atoms with van der Waals surface area (Å²) < 4.78 is 106. The minimum atomic E-state index is -5.16. The van der Waals surface area contributed by atoms with Gasteiger partial charge in [0.2, 0.25) is 0 Å². The summed E-state index contributed by atoms with van der Waals surface area (Å²) in [6.45, 7) is 0. The number of rotatable bonds is 4. The topological polar surface area (TPSA) is 62.0 Å². The van der Waals surface area contributed by atoms with Gasteiger partial charge in [0, 0.05) is 12.3 Å². The van der Waals surface area contributed by atoms with E-state index in [0.717, 1.165) is 18.3 Å². The lowest BCUT2D eigenvalue weighted by Gasteiger charge is -2.12. The average molecular weight is 455 g/mol. The molecule has 3 rings (SSSR count). The Morgan fingerprint density at radius 1 is 0.966 bits per heavy atom. The highest BCUT2D eigenvalue weighted by molar-refractivity contribution is 7.92. The molecule has 0 amide bonds. The second-order valence-corrected chi connectivity index (χ2v) is 7.85. The Kier molecular flexibility index (Phi) is 5.30. The molecule has 1 heterocycles. The van der Waals surface area contributed by atoms with E-state index in [9.17, 15) is 34.8 Å². The molecule has 0 unspecified atom stereocenters. The molecule has 0 bridgehead atoms. The normalized spacial score (nSPS) is 12.2. The lowest BCUT2D eigenvalue weighted by molar-refractivity contribution is -0.140. The van der Waals surface area contributed by atoms with Crippen LogP contribution in [-0.4, -0.2) is 13.4 Å². The second kappa shape index (κ2) is 7.30. The zero-order valence-electron chi connectivity index (χ0n) is 13.9. The molecular weight excluding hydrogens is 446 g/mol. The van der Waals surface area contributed by atoms with Gasteiger partial charge in [-0.25, -0.2) is 21.6 Å². The summed E-state index contributed by atoms with van der Waals surface area (Å²) in [4.78, 5) is 1.98. The molecule has 29 heavy (non-hydrogen) atoms. The van der Waals surface area contributed by atoms with Gasteiger partial charge in [0.25, 0.3) is 10.0 Å². The summed E-state index contributed by atoms with van der Waals surface area (Å²) in [6.07, 6.45) is -4.23. The fourth-order valence-corrected chi connectivity index (χ4v) is 3.79. The van der Waals surface area contributed by atoms with E-state index in [4.69, 9.17) is 11.6 Å². The summed E-state index contributed by atoms with van der Waals surface area (Å²) in [5.74, 6) is -4.23. The highest BCUT2D eigenvalue weighted by Gasteiger charge is 2.35. The highest BCUT2D eigenvalue weighted by Crippen LogP contribution is 2.35. The molecule has 0 aliphatic heterocycles. The van der Waals surface area contributed by atoms with Crippen molar-refractivity contribution in [1.29, 1.82) is 0 Å². The first-order chi connectivity index (χ1) is 13.4. The SMILES string of the molecule is O=S(=O)(Nc1cc(F)c(C(F)(F)F)cc1F)c1c[nH]c(-c2c(F)cccc2Cl)c1. The molecule has 0 radical (unpaired) electrons. The Bertz CT molecular complexity index is 1170. The van der Waals surface area contributed by atoms with Crippen molar-refractivity contribution >= 4 is 27.3 Å². The lowest BCUT2D eigenvalue weighted by atomic mass is 10.1. The molecule has 0 aliphatic carbocycles. The van der Waals surface area contributed by atoms with E-state index < -0.39 is 49.8 Å². The number of H-pyrrole nitrogens is 1. The Hall–Kier alpha value is -2.66. The number of hydrogen-bond acceptors (Lipinski definition) is 2. The van der Waals surface area contributed by atoms with Crippen LogP contribution in [0.25, 0.3) is 11.3 Å². The zero-order valence-corrected chi connectivity index (χ0v) is 15.5. The lowest BCUT2D eigenvalue weighted by Crippen LogP contribution is -2.15. The van der Waals surface area contributed by atoms with Gasteiger partial charge in [0.1, 0.15) is 22.3 Å². The van der Waals surface area contributed by atoms with Crippen molar-refractivity contribution in [2.75, 3.05) is 4.72 Å². The number of nitrogens with one attached hydrogen (secondary N) is 2. The second-order valence-electron chi connectivity index (χ2n) is 5.76. The monoisotopic (exact) mass is 454 g/mol. The van der Waals surface area contributed by atoms with Crippen LogP contribution in [0.4, 0.5) is 32.0 Å². The average Bonchev–Trinajstić information content (AvgIpc) is 3.07. The molecule has 2 N–H and O–H groups in total. The number of aromatic amines is 1. The van der Waals surface area contributed by atoms with Crippen LogP contribution in [0, 0.1) is 17.5 Å². The van der Waals surface area contributed by atoms with Gasteiger partial charge < -0.3 is 4.98 Å². The fourth-order valence-electron chi connectivity index (χ4n) is 2.48. The van der Waals surface area contributed by atoms with E-state index in [-0.39, 0.29) is 28.4 Å². The molecule has 0 saturated heterocycles. The third-order valence-corrected chi connectivity index (χ3v) is 5.47. The van der Waals surface area contributed by atoms with E-state index in [1.54, 1.807) is 4.72 Å². The van der Waals surface area contributed by atoms with Gasteiger partial charge >= 0.3 is 6.18 Å². The molecule has 0 fully saturated rings. The highest BCUT2D eigenvalue weighted by atomic mass is 35.5. The van der Waals surface area contributed by atoms with Crippen molar-refractivity contribution in [3.8, 4) is 11.3 Å². The fraction of sp³-hybridized carbons (Fsp3) is 0.0588. The number of anilines is 1. The first-order valence-corrected chi connectivity index (χ1v) is 9.48. The first-order valence-electron chi connectivity index (χ1n) is 7.62. The molecule has 0 spiro atoms. The Morgan fingerprint density at radius 2 is 1.66 bits per heavy atom. The van der Waals surface area contributed by atoms with Crippen molar-refractivity contribution in [3.05, 3.63) is 70.6 Å². The van der Waals surface area contributed by atoms with Crippen LogP contribution in [0.1, 0.15) is 5.56 Å². The molecule has 0 saturated carbocycles. The number of halogens is 7. The maximum atomic E-state index is 14.0. The van der Waals surface area contributed by atoms with Gasteiger partial charge in [0.15, 0.2) is 0 Å². The summed E-state index contributed by atoms with van der Waals surface area (Å²) >= 11 is 5.90. The molecule has 12 heteroatoms. The molecule has 154 valence electrons. The van der Waals surface area contributed by atoms with Crippen LogP contribution in [0.15, 0.2) is 47.5 Å². The summed E-state index contributed by atoms with van der Waals surface area (Å²) in [6, 6.07) is 4.70. The third-order valence-electron chi connectivity index (χ3n) is 3.81. The number of hydrogen-bond donors (Lipinski definition) is 2. The smallest absolute Gasteiger partial charge is 0.360 e. The summed E-state index contributed by atoms with van der Waals surface area (Å²) in [7, 11) is -4.55. The van der Waals surface area contributed by atoms with E-state index in [0.29, 0.717) is 0 Å². The number of aromatic nitrogens is 1. The minimum absolute atomic E-state index is 0.0142. The van der Waals surface area contributed by atoms with Gasteiger partial charge in [-0.2, -0.15) is 13.2 Å². The van der Waals surface area contributed by atoms with Crippen LogP contribution in [0.5, 0.6) is 0 Å². The van der Waals surface area contributed by atoms with Gasteiger partial charge in [-0.05, 0) is 24.3 Å². The molecular formula is C17H9ClF6N2O2S. The molecule has 3 aromatic rings. The Balaban J connectivity index is 1.96. The van der Waals surface area contributed by atoms with Crippen molar-refractivity contribution < 1.29 is 34.8 Å². The standard InChI is InChI=1S/C17H9ClF6N2O2S/c18-10-2-1-3-11(19)16(10)15-4-8(7-25-15)29(27,28)26-14-6-12(20)9(5-13(14)21)17(22,23)24/h1-7,25-26H. The predicted octanol–water partition coefficient (Wildman–Crippen LogP) is 5.57. The largest absolute Gasteiger partial charge is 0.419 e. The van der Waals surface area contributed by atoms with Crippen molar-refractivity contribution in [1.82, 2.24) is 4.98 Å². The van der Waals surface area contributed by atoms with E-state index in [1.807, 2.05) is 0 Å². The van der Waals surface area contributed by atoms with Gasteiger partial charge in [-0.3, -0.25) is 4.72 Å². The van der Waals surface area contributed by atoms with Gasteiger partial charge in [-0.15, -0.1) is 0 Å². The van der Waals surface area contributed by atoms with Crippen molar-refractivity contribution in [3.63, 3.8) is 0 Å². The summed E-state index contributed by atoms with van der Waals surface area (Å²) in [5.41, 5.74) is -3.05. The number of sulfonamides is 1. The maximum Gasteiger partial charge on any atom is 0.419 e. The molecule has 0 aliphatic rings. The third kappa shape index (κ3) is 4.20. The van der Waals surface area contributed by atoms with E-state index >= 15 is 0 Å². The van der Waals surface area contributed by atoms with E-state index in [1.165, 1.54) is 12.1 Å². The quantitative estimate of drug-likeness (QED) is 0.506. The molecule has 2 aromatic carbocycles. The van der Waals surface area contributed by atoms with Crippen molar-refractivity contribution in [2.24, 2.45) is 0 Å². The zero-order chi connectivity index (χ0) is 21.6. The van der Waals surface area contributed by atoms with Crippen LogP contribution in [-0.2, 0) is 16.2 Å². The summed E-state index contributed by atoms with van der Waals surface area (Å²) in [5, 5.41) is -0.0142. The van der Waals surface area contributed by atoms with Crippen LogP contribution in [0.2, 0.25) is 5.02 Å². The van der Waals surface area contributed by atoms with Gasteiger partial charge in [-0.1, -0.05) is 17.7 Å². The van der Waals surface area contributed by atoms with Crippen molar-refractivity contribution in [2.45, 2.75) is 11.1 Å². The minimum Gasteiger partial charge on any atom is -0.360 e. The maximum absolute atomic E-state index is 14.0.